The SMILES string of the molecule is CCCC(=O)Oc1ccc(C=C2N=C(c3cccc(F)c3)OC2=O)cc1OCC. The van der Waals surface area contributed by atoms with Gasteiger partial charge in [-0.3, -0.25) is 4.79 Å². The molecule has 0 N–H and O–H groups in total. The number of carbonyl (C=O) groups excluding carboxylic acids is 2. The summed E-state index contributed by atoms with van der Waals surface area (Å²) in [6.07, 6.45) is 2.51. The molecule has 7 heteroatoms. The van der Waals surface area contributed by atoms with Crippen molar-refractivity contribution < 1.29 is 28.2 Å². The molecule has 1 aliphatic heterocycles. The predicted molar refractivity (Wildman–Crippen MR) is 105 cm³/mol. The molecule has 0 amide bonds. The van der Waals surface area contributed by atoms with Crippen LogP contribution in [-0.4, -0.2) is 24.4 Å². The zero-order valence-corrected chi connectivity index (χ0v) is 16.1. The van der Waals surface area contributed by atoms with Gasteiger partial charge >= 0.3 is 11.9 Å². The van der Waals surface area contributed by atoms with Crippen molar-refractivity contribution in [3.8, 4) is 11.5 Å². The van der Waals surface area contributed by atoms with Gasteiger partial charge in [-0.15, -0.1) is 0 Å². The smallest absolute Gasteiger partial charge is 0.363 e. The predicted octanol–water partition coefficient (Wildman–Crippen LogP) is 4.27. The number of hydrogen-bond acceptors (Lipinski definition) is 6. The highest BCUT2D eigenvalue weighted by molar-refractivity contribution is 6.12. The highest BCUT2D eigenvalue weighted by atomic mass is 19.1. The monoisotopic (exact) mass is 397 g/mol. The van der Waals surface area contributed by atoms with Gasteiger partial charge in [0.05, 0.1) is 6.61 Å². The third kappa shape index (κ3) is 5.07. The Hall–Kier alpha value is -3.48. The van der Waals surface area contributed by atoms with Crippen molar-refractivity contribution in [1.29, 1.82) is 0 Å². The summed E-state index contributed by atoms with van der Waals surface area (Å²) in [5.41, 5.74) is 1.05. The van der Waals surface area contributed by atoms with E-state index in [0.717, 1.165) is 0 Å². The number of halogens is 1. The van der Waals surface area contributed by atoms with Crippen LogP contribution in [0.15, 0.2) is 53.2 Å². The number of nitrogens with zero attached hydrogens (tertiary/aromatic N) is 1. The molecule has 0 aliphatic carbocycles. The molecule has 0 saturated heterocycles. The quantitative estimate of drug-likeness (QED) is 0.396. The van der Waals surface area contributed by atoms with E-state index in [9.17, 15) is 14.0 Å². The number of aliphatic imine (C=N–C) groups is 1. The van der Waals surface area contributed by atoms with Crippen molar-refractivity contribution in [3.05, 3.63) is 65.1 Å². The van der Waals surface area contributed by atoms with E-state index >= 15 is 0 Å². The lowest BCUT2D eigenvalue weighted by molar-refractivity contribution is -0.134. The van der Waals surface area contributed by atoms with Crippen molar-refractivity contribution in [2.45, 2.75) is 26.7 Å². The van der Waals surface area contributed by atoms with E-state index in [0.29, 0.717) is 42.1 Å². The van der Waals surface area contributed by atoms with Gasteiger partial charge in [-0.1, -0.05) is 19.1 Å². The molecule has 0 saturated carbocycles. The zero-order chi connectivity index (χ0) is 20.8. The molecule has 1 heterocycles. The lowest BCUT2D eigenvalue weighted by atomic mass is 10.1. The number of carbonyl (C=O) groups is 2. The zero-order valence-electron chi connectivity index (χ0n) is 16.1. The summed E-state index contributed by atoms with van der Waals surface area (Å²) in [5.74, 6) is -0.703. The maximum absolute atomic E-state index is 13.4. The number of rotatable bonds is 7. The fraction of sp³-hybridized carbons (Fsp3) is 0.227. The average molecular weight is 397 g/mol. The minimum absolute atomic E-state index is 0.0379. The van der Waals surface area contributed by atoms with Crippen molar-refractivity contribution in [2.24, 2.45) is 4.99 Å². The molecule has 29 heavy (non-hydrogen) atoms. The Balaban J connectivity index is 1.88. The molecular formula is C22H20FNO5. The van der Waals surface area contributed by atoms with Gasteiger partial charge < -0.3 is 14.2 Å². The molecule has 0 atom stereocenters. The molecule has 6 nitrogen and oxygen atoms in total. The van der Waals surface area contributed by atoms with Crippen LogP contribution in [0.5, 0.6) is 11.5 Å². The van der Waals surface area contributed by atoms with Crippen molar-refractivity contribution in [2.75, 3.05) is 6.61 Å². The Morgan fingerprint density at radius 3 is 2.72 bits per heavy atom. The van der Waals surface area contributed by atoms with Gasteiger partial charge in [0.15, 0.2) is 17.2 Å². The molecule has 0 bridgehead atoms. The molecule has 0 fully saturated rings. The number of esters is 2. The topological polar surface area (TPSA) is 74.2 Å². The van der Waals surface area contributed by atoms with E-state index in [4.69, 9.17) is 14.2 Å². The normalized spacial score (nSPS) is 14.5. The molecule has 0 aromatic heterocycles. The Labute approximate surface area is 167 Å². The van der Waals surface area contributed by atoms with Crippen LogP contribution in [0.1, 0.15) is 37.8 Å². The van der Waals surface area contributed by atoms with Crippen LogP contribution >= 0.6 is 0 Å². The van der Waals surface area contributed by atoms with Gasteiger partial charge in [0, 0.05) is 12.0 Å². The fourth-order valence-electron chi connectivity index (χ4n) is 2.66. The van der Waals surface area contributed by atoms with E-state index in [1.807, 2.05) is 13.8 Å². The lowest BCUT2D eigenvalue weighted by Crippen LogP contribution is -2.08. The summed E-state index contributed by atoms with van der Waals surface area (Å²) in [4.78, 5) is 28.1. The van der Waals surface area contributed by atoms with Gasteiger partial charge in [-0.2, -0.15) is 0 Å². The first kappa shape index (κ1) is 20.3. The van der Waals surface area contributed by atoms with E-state index in [1.54, 1.807) is 24.3 Å². The van der Waals surface area contributed by atoms with Crippen LogP contribution in [0.4, 0.5) is 4.39 Å². The molecule has 150 valence electrons. The van der Waals surface area contributed by atoms with Gasteiger partial charge in [0.1, 0.15) is 5.82 Å². The Bertz CT molecular complexity index is 996. The summed E-state index contributed by atoms with van der Waals surface area (Å²) >= 11 is 0. The first-order valence-corrected chi connectivity index (χ1v) is 9.26. The maximum atomic E-state index is 13.4. The summed E-state index contributed by atoms with van der Waals surface area (Å²) in [6, 6.07) is 10.6. The summed E-state index contributed by atoms with van der Waals surface area (Å²) in [7, 11) is 0. The van der Waals surface area contributed by atoms with E-state index in [2.05, 4.69) is 4.99 Å². The summed E-state index contributed by atoms with van der Waals surface area (Å²) < 4.78 is 29.4. The third-order valence-electron chi connectivity index (χ3n) is 3.94. The number of benzene rings is 2. The number of hydrogen-bond donors (Lipinski definition) is 0. The lowest BCUT2D eigenvalue weighted by Gasteiger charge is -2.11. The first-order chi connectivity index (χ1) is 14.0. The second kappa shape index (κ2) is 9.14. The van der Waals surface area contributed by atoms with Crippen molar-refractivity contribution in [3.63, 3.8) is 0 Å². The minimum atomic E-state index is -0.638. The Morgan fingerprint density at radius 1 is 1.17 bits per heavy atom. The summed E-state index contributed by atoms with van der Waals surface area (Å²) in [6.45, 7) is 4.08. The van der Waals surface area contributed by atoms with Crippen LogP contribution in [-0.2, 0) is 14.3 Å². The van der Waals surface area contributed by atoms with Gasteiger partial charge in [-0.05, 0) is 55.3 Å². The maximum Gasteiger partial charge on any atom is 0.363 e. The fourth-order valence-corrected chi connectivity index (χ4v) is 2.66. The second-order valence-corrected chi connectivity index (χ2v) is 6.21. The molecule has 3 rings (SSSR count). The molecule has 0 radical (unpaired) electrons. The molecule has 0 unspecified atom stereocenters. The standard InChI is InChI=1S/C22H20FNO5/c1-3-6-20(25)28-18-10-9-14(12-19(18)27-4-2)11-17-22(26)29-21(24-17)15-7-5-8-16(23)13-15/h5,7-13H,3-4,6H2,1-2H3. The number of cyclic esters (lactones) is 1. The molecule has 2 aromatic carbocycles. The van der Waals surface area contributed by atoms with Gasteiger partial charge in [0.25, 0.3) is 0 Å². The Kier molecular flexibility index (Phi) is 6.39. The third-order valence-corrected chi connectivity index (χ3v) is 3.94. The Morgan fingerprint density at radius 2 is 2.00 bits per heavy atom. The van der Waals surface area contributed by atoms with Crippen LogP contribution in [0.3, 0.4) is 0 Å². The number of ether oxygens (including phenoxy) is 3. The van der Waals surface area contributed by atoms with Crippen molar-refractivity contribution in [1.82, 2.24) is 0 Å². The van der Waals surface area contributed by atoms with Crippen LogP contribution in [0.2, 0.25) is 0 Å². The minimum Gasteiger partial charge on any atom is -0.490 e. The molecule has 2 aromatic rings. The first-order valence-electron chi connectivity index (χ1n) is 9.26. The van der Waals surface area contributed by atoms with Crippen molar-refractivity contribution >= 4 is 23.9 Å². The largest absolute Gasteiger partial charge is 0.490 e. The second-order valence-electron chi connectivity index (χ2n) is 6.21. The van der Waals surface area contributed by atoms with E-state index < -0.39 is 11.8 Å². The summed E-state index contributed by atoms with van der Waals surface area (Å²) in [5, 5.41) is 0. The highest BCUT2D eigenvalue weighted by Crippen LogP contribution is 2.30. The van der Waals surface area contributed by atoms with E-state index in [-0.39, 0.29) is 17.6 Å². The average Bonchev–Trinajstić information content (AvgIpc) is 3.05. The van der Waals surface area contributed by atoms with E-state index in [1.165, 1.54) is 24.3 Å². The molecular weight excluding hydrogens is 377 g/mol. The van der Waals surface area contributed by atoms with Crippen LogP contribution < -0.4 is 9.47 Å². The van der Waals surface area contributed by atoms with Crippen LogP contribution in [0, 0.1) is 5.82 Å². The van der Waals surface area contributed by atoms with Gasteiger partial charge in [-0.25, -0.2) is 14.2 Å². The molecule has 0 spiro atoms. The highest BCUT2D eigenvalue weighted by Gasteiger charge is 2.24. The molecule has 1 aliphatic rings. The van der Waals surface area contributed by atoms with Gasteiger partial charge in [0.2, 0.25) is 5.90 Å². The van der Waals surface area contributed by atoms with Crippen LogP contribution in [0.25, 0.3) is 6.08 Å².